The van der Waals surface area contributed by atoms with Crippen molar-refractivity contribution >= 4 is 16.8 Å². The van der Waals surface area contributed by atoms with Crippen LogP contribution >= 0.6 is 0 Å². The van der Waals surface area contributed by atoms with Gasteiger partial charge in [-0.2, -0.15) is 5.10 Å². The van der Waals surface area contributed by atoms with Crippen molar-refractivity contribution in [3.05, 3.63) is 18.2 Å². The second-order valence-electron chi connectivity index (χ2n) is 4.56. The molecule has 2 aromatic rings. The molecular weight excluding hydrogens is 216 g/mol. The Morgan fingerprint density at radius 3 is 2.82 bits per heavy atom. The Morgan fingerprint density at radius 1 is 1.35 bits per heavy atom. The lowest BCUT2D eigenvalue weighted by atomic mass is 10.2. The second kappa shape index (κ2) is 3.91. The molecule has 1 saturated carbocycles. The fourth-order valence-electron chi connectivity index (χ4n) is 2.42. The van der Waals surface area contributed by atoms with Crippen LogP contribution in [0.1, 0.15) is 49.3 Å². The second-order valence-corrected chi connectivity index (χ2v) is 4.56. The number of aromatic nitrogens is 4. The van der Waals surface area contributed by atoms with Gasteiger partial charge in [-0.3, -0.25) is 4.79 Å². The van der Waals surface area contributed by atoms with Crippen molar-refractivity contribution in [1.29, 1.82) is 0 Å². The molecule has 0 radical (unpaired) electrons. The van der Waals surface area contributed by atoms with E-state index in [2.05, 4.69) is 15.1 Å². The molecule has 2 aromatic heterocycles. The van der Waals surface area contributed by atoms with Gasteiger partial charge in [0.05, 0.1) is 17.6 Å². The Morgan fingerprint density at radius 2 is 2.12 bits per heavy atom. The fourth-order valence-corrected chi connectivity index (χ4v) is 2.42. The van der Waals surface area contributed by atoms with Crippen molar-refractivity contribution in [3.63, 3.8) is 0 Å². The van der Waals surface area contributed by atoms with E-state index in [-0.39, 0.29) is 11.6 Å². The summed E-state index contributed by atoms with van der Waals surface area (Å²) in [5.41, 5.74) is 0.789. The van der Waals surface area contributed by atoms with Crippen LogP contribution in [0.4, 0.5) is 0 Å². The van der Waals surface area contributed by atoms with Gasteiger partial charge in [0, 0.05) is 13.1 Å². The Kier molecular flexibility index (Phi) is 2.39. The third kappa shape index (κ3) is 1.71. The molecule has 3 rings (SSSR count). The highest BCUT2D eigenvalue weighted by Gasteiger charge is 2.20. The van der Waals surface area contributed by atoms with Crippen LogP contribution in [0.2, 0.25) is 0 Å². The summed E-state index contributed by atoms with van der Waals surface area (Å²) in [5.74, 6) is 0.170. The Balaban J connectivity index is 2.11. The van der Waals surface area contributed by atoms with Gasteiger partial charge in [0.2, 0.25) is 0 Å². The van der Waals surface area contributed by atoms with Gasteiger partial charge >= 0.3 is 0 Å². The van der Waals surface area contributed by atoms with Crippen molar-refractivity contribution in [2.24, 2.45) is 0 Å². The van der Waals surface area contributed by atoms with E-state index in [1.54, 1.807) is 12.4 Å². The van der Waals surface area contributed by atoms with Crippen LogP contribution in [0.3, 0.4) is 0 Å². The van der Waals surface area contributed by atoms with Crippen molar-refractivity contribution in [1.82, 2.24) is 19.7 Å². The molecule has 5 heteroatoms. The first-order valence-corrected chi connectivity index (χ1v) is 5.97. The van der Waals surface area contributed by atoms with Gasteiger partial charge in [-0.15, -0.1) is 0 Å². The predicted octanol–water partition coefficient (Wildman–Crippen LogP) is 2.14. The number of ketones is 1. The van der Waals surface area contributed by atoms with Gasteiger partial charge in [0.15, 0.2) is 17.3 Å². The van der Waals surface area contributed by atoms with Crippen LogP contribution in [0, 0.1) is 0 Å². The van der Waals surface area contributed by atoms with Gasteiger partial charge in [-0.25, -0.2) is 14.6 Å². The molecule has 0 saturated heterocycles. The molecule has 5 nitrogen and oxygen atoms in total. The van der Waals surface area contributed by atoms with Crippen molar-refractivity contribution in [2.45, 2.75) is 38.6 Å². The summed E-state index contributed by atoms with van der Waals surface area (Å²) in [5, 5.41) is 5.29. The lowest BCUT2D eigenvalue weighted by Crippen LogP contribution is -2.09. The molecule has 88 valence electrons. The first-order chi connectivity index (χ1) is 8.25. The molecule has 17 heavy (non-hydrogen) atoms. The third-order valence-electron chi connectivity index (χ3n) is 3.32. The van der Waals surface area contributed by atoms with Gasteiger partial charge in [-0.05, 0) is 12.8 Å². The summed E-state index contributed by atoms with van der Waals surface area (Å²) in [7, 11) is 0. The summed E-state index contributed by atoms with van der Waals surface area (Å²) < 4.78 is 1.95. The van der Waals surface area contributed by atoms with E-state index in [9.17, 15) is 4.79 Å². The van der Waals surface area contributed by atoms with E-state index in [4.69, 9.17) is 0 Å². The van der Waals surface area contributed by atoms with Gasteiger partial charge < -0.3 is 0 Å². The summed E-state index contributed by atoms with van der Waals surface area (Å²) in [6.45, 7) is 1.48. The van der Waals surface area contributed by atoms with E-state index in [1.165, 1.54) is 19.8 Å². The summed E-state index contributed by atoms with van der Waals surface area (Å²) in [6, 6.07) is 0.433. The molecule has 0 amide bonds. The molecule has 0 aromatic carbocycles. The molecule has 1 fully saturated rings. The Hall–Kier alpha value is -1.78. The van der Waals surface area contributed by atoms with E-state index < -0.39 is 0 Å². The lowest BCUT2D eigenvalue weighted by molar-refractivity contribution is 0.100. The average molecular weight is 230 g/mol. The number of fused-ring (bicyclic) bond motifs is 1. The van der Waals surface area contributed by atoms with Gasteiger partial charge in [-0.1, -0.05) is 12.8 Å². The number of carbonyl (C=O) groups excluding carboxylic acids is 1. The van der Waals surface area contributed by atoms with E-state index >= 15 is 0 Å². The molecule has 0 unspecified atom stereocenters. The quantitative estimate of drug-likeness (QED) is 0.741. The molecule has 2 heterocycles. The standard InChI is InChI=1S/C12H14N4O/c1-8(17)11-13-6-9-7-14-16(12(9)15-11)10-4-2-3-5-10/h6-7,10H,2-5H2,1H3. The number of rotatable bonds is 2. The lowest BCUT2D eigenvalue weighted by Gasteiger charge is -2.10. The molecule has 0 atom stereocenters. The maximum absolute atomic E-state index is 11.3. The normalized spacial score (nSPS) is 16.8. The first kappa shape index (κ1) is 10.4. The summed E-state index contributed by atoms with van der Waals surface area (Å²) in [4.78, 5) is 19.6. The van der Waals surface area contributed by atoms with Crippen molar-refractivity contribution in [3.8, 4) is 0 Å². The summed E-state index contributed by atoms with van der Waals surface area (Å²) >= 11 is 0. The van der Waals surface area contributed by atoms with Crippen LogP contribution < -0.4 is 0 Å². The minimum Gasteiger partial charge on any atom is -0.291 e. The number of hydrogen-bond donors (Lipinski definition) is 0. The number of Topliss-reactive ketones (excluding diaryl/α,β-unsaturated/α-hetero) is 1. The van der Waals surface area contributed by atoms with Crippen molar-refractivity contribution in [2.75, 3.05) is 0 Å². The maximum atomic E-state index is 11.3. The minimum atomic E-state index is -0.105. The van der Waals surface area contributed by atoms with Gasteiger partial charge in [0.1, 0.15) is 0 Å². The highest BCUT2D eigenvalue weighted by Crippen LogP contribution is 2.30. The van der Waals surface area contributed by atoms with Crippen LogP contribution in [0.5, 0.6) is 0 Å². The number of hydrogen-bond acceptors (Lipinski definition) is 4. The number of carbonyl (C=O) groups is 1. The Bertz CT molecular complexity index is 569. The average Bonchev–Trinajstić information content (AvgIpc) is 2.96. The van der Waals surface area contributed by atoms with Crippen LogP contribution in [-0.4, -0.2) is 25.5 Å². The zero-order valence-corrected chi connectivity index (χ0v) is 9.76. The summed E-state index contributed by atoms with van der Waals surface area (Å²) in [6.07, 6.45) is 8.24. The van der Waals surface area contributed by atoms with E-state index in [0.29, 0.717) is 6.04 Å². The Labute approximate surface area is 98.9 Å². The van der Waals surface area contributed by atoms with Crippen molar-refractivity contribution < 1.29 is 4.79 Å². The number of nitrogens with zero attached hydrogens (tertiary/aromatic N) is 4. The highest BCUT2D eigenvalue weighted by atomic mass is 16.1. The van der Waals surface area contributed by atoms with Crippen LogP contribution in [0.15, 0.2) is 12.4 Å². The van der Waals surface area contributed by atoms with Crippen LogP contribution in [-0.2, 0) is 0 Å². The molecule has 0 N–H and O–H groups in total. The van der Waals surface area contributed by atoms with E-state index in [1.807, 2.05) is 4.68 Å². The molecule has 0 spiro atoms. The fraction of sp³-hybridized carbons (Fsp3) is 0.500. The van der Waals surface area contributed by atoms with Crippen LogP contribution in [0.25, 0.3) is 11.0 Å². The SMILES string of the molecule is CC(=O)c1ncc2cnn(C3CCCC3)c2n1. The largest absolute Gasteiger partial charge is 0.291 e. The molecule has 1 aliphatic rings. The molecular formula is C12H14N4O. The first-order valence-electron chi connectivity index (χ1n) is 5.97. The predicted molar refractivity (Wildman–Crippen MR) is 62.8 cm³/mol. The molecule has 0 bridgehead atoms. The molecule has 0 aliphatic heterocycles. The highest BCUT2D eigenvalue weighted by molar-refractivity contribution is 5.91. The van der Waals surface area contributed by atoms with E-state index in [0.717, 1.165) is 23.9 Å². The minimum absolute atomic E-state index is 0.105. The third-order valence-corrected chi connectivity index (χ3v) is 3.32. The zero-order chi connectivity index (χ0) is 11.8. The monoisotopic (exact) mass is 230 g/mol. The molecule has 1 aliphatic carbocycles. The maximum Gasteiger partial charge on any atom is 0.197 e. The smallest absolute Gasteiger partial charge is 0.197 e. The van der Waals surface area contributed by atoms with Gasteiger partial charge in [0.25, 0.3) is 0 Å². The zero-order valence-electron chi connectivity index (χ0n) is 9.76. The topological polar surface area (TPSA) is 60.7 Å².